The fraction of sp³-hybridized carbons (Fsp3) is 0.786. The van der Waals surface area contributed by atoms with Crippen LogP contribution in [0.25, 0.3) is 0 Å². The molecule has 1 aromatic rings. The third-order valence-electron chi connectivity index (χ3n) is 3.44. The zero-order valence-electron chi connectivity index (χ0n) is 11.0. The van der Waals surface area contributed by atoms with Gasteiger partial charge in [0.25, 0.3) is 0 Å². The van der Waals surface area contributed by atoms with E-state index in [-0.39, 0.29) is 0 Å². The summed E-state index contributed by atoms with van der Waals surface area (Å²) >= 11 is 0. The Morgan fingerprint density at radius 1 is 1.31 bits per heavy atom. The lowest BCUT2D eigenvalue weighted by Gasteiger charge is -2.18. The minimum absolute atomic E-state index is 0.567. The zero-order valence-corrected chi connectivity index (χ0v) is 11.0. The van der Waals surface area contributed by atoms with Crippen molar-refractivity contribution in [3.05, 3.63) is 18.2 Å². The number of aromatic amines is 1. The van der Waals surface area contributed by atoms with Crippen molar-refractivity contribution in [2.24, 2.45) is 5.92 Å². The van der Waals surface area contributed by atoms with E-state index in [0.29, 0.717) is 5.92 Å². The van der Waals surface area contributed by atoms with Crippen LogP contribution in [0.2, 0.25) is 0 Å². The van der Waals surface area contributed by atoms with Crippen LogP contribution in [-0.2, 0) is 0 Å². The standard InChI is InChI=1S/C8H16.C6H10N2/c1-2-8-6-4-3-5-7-8;1-5(2)6-3-7-4-8-6/h8H,2-7H2,1H3;3-5H,1-2H3,(H,7,8). The molecule has 2 rings (SSSR count). The molecule has 2 heteroatoms. The summed E-state index contributed by atoms with van der Waals surface area (Å²) in [5.41, 5.74) is 1.20. The van der Waals surface area contributed by atoms with E-state index >= 15 is 0 Å². The number of hydrogen-bond acceptors (Lipinski definition) is 1. The normalized spacial score (nSPS) is 17.0. The average Bonchev–Trinajstić information content (AvgIpc) is 2.85. The van der Waals surface area contributed by atoms with Crippen LogP contribution < -0.4 is 0 Å². The van der Waals surface area contributed by atoms with Gasteiger partial charge in [-0.05, 0) is 11.8 Å². The van der Waals surface area contributed by atoms with Crippen molar-refractivity contribution in [1.82, 2.24) is 9.97 Å². The maximum atomic E-state index is 3.89. The van der Waals surface area contributed by atoms with E-state index in [4.69, 9.17) is 0 Å². The molecule has 1 heterocycles. The first-order valence-electron chi connectivity index (χ1n) is 6.72. The van der Waals surface area contributed by atoms with Gasteiger partial charge in [0.05, 0.1) is 6.33 Å². The maximum Gasteiger partial charge on any atom is 0.0921 e. The van der Waals surface area contributed by atoms with E-state index in [2.05, 4.69) is 30.7 Å². The van der Waals surface area contributed by atoms with Crippen LogP contribution in [0.4, 0.5) is 0 Å². The summed E-state index contributed by atoms with van der Waals surface area (Å²) in [6, 6.07) is 0. The number of nitrogens with zero attached hydrogens (tertiary/aromatic N) is 1. The summed E-state index contributed by atoms with van der Waals surface area (Å²) in [7, 11) is 0. The molecule has 0 aromatic carbocycles. The van der Waals surface area contributed by atoms with Crippen molar-refractivity contribution in [3.8, 4) is 0 Å². The van der Waals surface area contributed by atoms with Gasteiger partial charge < -0.3 is 4.98 Å². The van der Waals surface area contributed by atoms with Crippen molar-refractivity contribution in [2.45, 2.75) is 65.2 Å². The summed E-state index contributed by atoms with van der Waals surface area (Å²) < 4.78 is 0. The van der Waals surface area contributed by atoms with Gasteiger partial charge in [-0.15, -0.1) is 0 Å². The molecular formula is C14H26N2. The molecule has 1 N–H and O–H groups in total. The molecule has 0 atom stereocenters. The predicted molar refractivity (Wildman–Crippen MR) is 69.5 cm³/mol. The number of rotatable bonds is 2. The predicted octanol–water partition coefficient (Wildman–Crippen LogP) is 4.51. The zero-order chi connectivity index (χ0) is 11.8. The van der Waals surface area contributed by atoms with Crippen LogP contribution >= 0.6 is 0 Å². The van der Waals surface area contributed by atoms with Gasteiger partial charge in [0, 0.05) is 11.9 Å². The Hall–Kier alpha value is -0.790. The van der Waals surface area contributed by atoms with Crippen molar-refractivity contribution < 1.29 is 0 Å². The minimum atomic E-state index is 0.567. The highest BCUT2D eigenvalue weighted by molar-refractivity contribution is 4.99. The highest BCUT2D eigenvalue weighted by Gasteiger charge is 2.09. The third-order valence-corrected chi connectivity index (χ3v) is 3.44. The minimum Gasteiger partial charge on any atom is -0.348 e. The largest absolute Gasteiger partial charge is 0.348 e. The number of aromatic nitrogens is 2. The Morgan fingerprint density at radius 3 is 2.31 bits per heavy atom. The van der Waals surface area contributed by atoms with Crippen LogP contribution in [0.15, 0.2) is 12.5 Å². The molecule has 0 radical (unpaired) electrons. The van der Waals surface area contributed by atoms with Crippen molar-refractivity contribution in [3.63, 3.8) is 0 Å². The SMILES string of the molecule is CC(C)c1cnc[nH]1.CCC1CCCCC1. The maximum absolute atomic E-state index is 3.89. The Bertz CT molecular complexity index is 246. The van der Waals surface area contributed by atoms with Gasteiger partial charge in [0.2, 0.25) is 0 Å². The molecule has 0 unspecified atom stereocenters. The van der Waals surface area contributed by atoms with Crippen LogP contribution in [0.3, 0.4) is 0 Å². The van der Waals surface area contributed by atoms with Gasteiger partial charge in [-0.2, -0.15) is 0 Å². The Labute approximate surface area is 99.9 Å². The molecule has 0 spiro atoms. The van der Waals surface area contributed by atoms with Gasteiger partial charge in [-0.3, -0.25) is 0 Å². The van der Waals surface area contributed by atoms with E-state index < -0.39 is 0 Å². The average molecular weight is 222 g/mol. The third kappa shape index (κ3) is 4.82. The lowest BCUT2D eigenvalue weighted by molar-refractivity contribution is 0.349. The molecule has 1 aliphatic carbocycles. The Balaban J connectivity index is 0.000000160. The van der Waals surface area contributed by atoms with Gasteiger partial charge >= 0.3 is 0 Å². The first kappa shape index (κ1) is 13.3. The molecule has 2 nitrogen and oxygen atoms in total. The summed E-state index contributed by atoms with van der Waals surface area (Å²) in [6.45, 7) is 6.58. The summed E-state index contributed by atoms with van der Waals surface area (Å²) in [5, 5.41) is 0. The number of imidazole rings is 1. The van der Waals surface area contributed by atoms with Crippen LogP contribution in [-0.4, -0.2) is 9.97 Å². The number of nitrogens with one attached hydrogen (secondary N) is 1. The number of H-pyrrole nitrogens is 1. The van der Waals surface area contributed by atoms with Crippen LogP contribution in [0.1, 0.15) is 70.9 Å². The van der Waals surface area contributed by atoms with Crippen molar-refractivity contribution in [2.75, 3.05) is 0 Å². The lowest BCUT2D eigenvalue weighted by Crippen LogP contribution is -2.03. The highest BCUT2D eigenvalue weighted by Crippen LogP contribution is 2.25. The molecule has 92 valence electrons. The quantitative estimate of drug-likeness (QED) is 0.783. The topological polar surface area (TPSA) is 28.7 Å². The Morgan fingerprint density at radius 2 is 2.00 bits per heavy atom. The van der Waals surface area contributed by atoms with Gasteiger partial charge in [0.1, 0.15) is 0 Å². The van der Waals surface area contributed by atoms with E-state index in [1.165, 1.54) is 44.2 Å². The summed E-state index contributed by atoms with van der Waals surface area (Å²) in [6.07, 6.45) is 12.5. The smallest absolute Gasteiger partial charge is 0.0921 e. The first-order valence-corrected chi connectivity index (χ1v) is 6.72. The molecule has 1 aliphatic rings. The monoisotopic (exact) mass is 222 g/mol. The highest BCUT2D eigenvalue weighted by atomic mass is 14.9. The molecule has 1 aromatic heterocycles. The van der Waals surface area contributed by atoms with E-state index in [1.54, 1.807) is 6.33 Å². The molecule has 1 saturated carbocycles. The fourth-order valence-electron chi connectivity index (χ4n) is 2.18. The van der Waals surface area contributed by atoms with E-state index in [0.717, 1.165) is 5.92 Å². The summed E-state index contributed by atoms with van der Waals surface area (Å²) in [4.78, 5) is 6.91. The molecule has 0 aliphatic heterocycles. The molecule has 0 bridgehead atoms. The lowest BCUT2D eigenvalue weighted by atomic mass is 9.88. The van der Waals surface area contributed by atoms with Crippen LogP contribution in [0.5, 0.6) is 0 Å². The number of hydrogen-bond donors (Lipinski definition) is 1. The van der Waals surface area contributed by atoms with E-state index in [9.17, 15) is 0 Å². The van der Waals surface area contributed by atoms with Gasteiger partial charge in [-0.25, -0.2) is 4.98 Å². The van der Waals surface area contributed by atoms with Crippen LogP contribution in [0, 0.1) is 5.92 Å². The molecule has 0 amide bonds. The van der Waals surface area contributed by atoms with Gasteiger partial charge in [-0.1, -0.05) is 59.3 Å². The van der Waals surface area contributed by atoms with E-state index in [1.807, 2.05) is 6.20 Å². The second-order valence-corrected chi connectivity index (χ2v) is 5.07. The Kier molecular flexibility index (Phi) is 6.20. The summed E-state index contributed by atoms with van der Waals surface area (Å²) in [5.74, 6) is 1.65. The molecule has 1 fully saturated rings. The van der Waals surface area contributed by atoms with Crippen molar-refractivity contribution in [1.29, 1.82) is 0 Å². The molecular weight excluding hydrogens is 196 g/mol. The second kappa shape index (κ2) is 7.48. The fourth-order valence-corrected chi connectivity index (χ4v) is 2.18. The molecule has 0 saturated heterocycles. The van der Waals surface area contributed by atoms with Crippen molar-refractivity contribution >= 4 is 0 Å². The van der Waals surface area contributed by atoms with Gasteiger partial charge in [0.15, 0.2) is 0 Å². The molecule has 16 heavy (non-hydrogen) atoms. The first-order chi connectivity index (χ1) is 7.74. The second-order valence-electron chi connectivity index (χ2n) is 5.07.